The molecule has 114 valence electrons. The quantitative estimate of drug-likeness (QED) is 0.678. The maximum Gasteiger partial charge on any atom is 0.290 e. The summed E-state index contributed by atoms with van der Waals surface area (Å²) in [4.78, 5) is 22.3. The Hall–Kier alpha value is -1.37. The molecule has 1 amide bonds. The summed E-state index contributed by atoms with van der Waals surface area (Å²) in [6.07, 6.45) is 0.969. The minimum absolute atomic E-state index is 0.0198. The van der Waals surface area contributed by atoms with Crippen LogP contribution in [0.25, 0.3) is 0 Å². The molecule has 0 spiro atoms. The Kier molecular flexibility index (Phi) is 5.03. The van der Waals surface area contributed by atoms with E-state index in [-0.39, 0.29) is 33.3 Å². The monoisotopic (exact) mass is 332 g/mol. The zero-order valence-electron chi connectivity index (χ0n) is 11.3. The maximum atomic E-state index is 12.1. The van der Waals surface area contributed by atoms with E-state index in [9.17, 15) is 14.9 Å². The summed E-state index contributed by atoms with van der Waals surface area (Å²) < 4.78 is 5.41. The van der Waals surface area contributed by atoms with Crippen molar-refractivity contribution in [2.45, 2.75) is 19.4 Å². The second-order valence-electron chi connectivity index (χ2n) is 4.88. The number of hydrogen-bond acceptors (Lipinski definition) is 4. The lowest BCUT2D eigenvalue weighted by atomic mass is 10.0. The van der Waals surface area contributed by atoms with Gasteiger partial charge in [0, 0.05) is 30.7 Å². The molecule has 0 aliphatic carbocycles. The van der Waals surface area contributed by atoms with E-state index in [0.29, 0.717) is 13.2 Å². The summed E-state index contributed by atoms with van der Waals surface area (Å²) in [6.45, 7) is 3.09. The normalized spacial score (nSPS) is 21.3. The summed E-state index contributed by atoms with van der Waals surface area (Å²) in [6, 6.07) is 2.44. The van der Waals surface area contributed by atoms with Gasteiger partial charge < -0.3 is 10.1 Å². The first-order chi connectivity index (χ1) is 9.90. The first-order valence-corrected chi connectivity index (χ1v) is 7.19. The van der Waals surface area contributed by atoms with E-state index in [1.165, 1.54) is 6.07 Å². The van der Waals surface area contributed by atoms with Gasteiger partial charge in [-0.05, 0) is 19.4 Å². The van der Waals surface area contributed by atoms with Gasteiger partial charge in [-0.25, -0.2) is 0 Å². The molecule has 1 aliphatic rings. The molecule has 0 radical (unpaired) electrons. The van der Waals surface area contributed by atoms with Crippen LogP contribution in [0.3, 0.4) is 0 Å². The molecule has 6 nitrogen and oxygen atoms in total. The highest BCUT2D eigenvalue weighted by Crippen LogP contribution is 2.33. The third-order valence-corrected chi connectivity index (χ3v) is 4.32. The minimum atomic E-state index is -0.669. The van der Waals surface area contributed by atoms with Crippen molar-refractivity contribution in [3.63, 3.8) is 0 Å². The number of halogens is 2. The molecule has 1 saturated heterocycles. The zero-order valence-corrected chi connectivity index (χ0v) is 12.8. The first kappa shape index (κ1) is 16.0. The molecular weight excluding hydrogens is 319 g/mol. The van der Waals surface area contributed by atoms with Crippen LogP contribution in [0.15, 0.2) is 12.1 Å². The highest BCUT2D eigenvalue weighted by molar-refractivity contribution is 6.43. The fourth-order valence-electron chi connectivity index (χ4n) is 2.21. The fraction of sp³-hybridized carbons (Fsp3) is 0.462. The number of carbonyl (C=O) groups is 1. The number of amides is 1. The second-order valence-corrected chi connectivity index (χ2v) is 5.67. The number of benzene rings is 1. The van der Waals surface area contributed by atoms with Crippen molar-refractivity contribution < 1.29 is 14.5 Å². The number of rotatable bonds is 4. The van der Waals surface area contributed by atoms with E-state index in [1.54, 1.807) is 0 Å². The molecule has 2 unspecified atom stereocenters. The van der Waals surface area contributed by atoms with Crippen LogP contribution in [0.5, 0.6) is 0 Å². The van der Waals surface area contributed by atoms with Gasteiger partial charge in [0.05, 0.1) is 16.0 Å². The molecule has 0 bridgehead atoms. The van der Waals surface area contributed by atoms with Crippen molar-refractivity contribution >= 4 is 34.8 Å². The van der Waals surface area contributed by atoms with Crippen molar-refractivity contribution in [1.29, 1.82) is 0 Å². The van der Waals surface area contributed by atoms with E-state index >= 15 is 0 Å². The SMILES string of the molecule is CC1OCCC1CNC(=O)c1cc(Cl)c(Cl)c([N+](=O)[O-])c1. The van der Waals surface area contributed by atoms with E-state index < -0.39 is 10.8 Å². The Morgan fingerprint density at radius 1 is 1.52 bits per heavy atom. The number of nitro groups is 1. The van der Waals surface area contributed by atoms with Gasteiger partial charge >= 0.3 is 0 Å². The van der Waals surface area contributed by atoms with E-state index in [2.05, 4.69) is 5.32 Å². The van der Waals surface area contributed by atoms with Gasteiger partial charge in [-0.2, -0.15) is 0 Å². The molecule has 0 saturated carbocycles. The molecular formula is C13H14Cl2N2O4. The third kappa shape index (κ3) is 3.64. The third-order valence-electron chi connectivity index (χ3n) is 3.53. The van der Waals surface area contributed by atoms with Gasteiger partial charge in [-0.1, -0.05) is 23.2 Å². The van der Waals surface area contributed by atoms with Crippen molar-refractivity contribution in [1.82, 2.24) is 5.32 Å². The van der Waals surface area contributed by atoms with Gasteiger partial charge in [-0.3, -0.25) is 14.9 Å². The fourth-order valence-corrected chi connectivity index (χ4v) is 2.60. The van der Waals surface area contributed by atoms with Gasteiger partial charge in [0.1, 0.15) is 5.02 Å². The largest absolute Gasteiger partial charge is 0.378 e. The van der Waals surface area contributed by atoms with Crippen molar-refractivity contribution in [2.75, 3.05) is 13.2 Å². The van der Waals surface area contributed by atoms with Gasteiger partial charge in [0.15, 0.2) is 0 Å². The van der Waals surface area contributed by atoms with Crippen LogP contribution in [0.4, 0.5) is 5.69 Å². The van der Waals surface area contributed by atoms with Crippen LogP contribution in [0.1, 0.15) is 23.7 Å². The lowest BCUT2D eigenvalue weighted by Gasteiger charge is -2.14. The van der Waals surface area contributed by atoms with E-state index in [4.69, 9.17) is 27.9 Å². The van der Waals surface area contributed by atoms with Gasteiger partial charge in [-0.15, -0.1) is 0 Å². The molecule has 2 atom stereocenters. The Bertz CT molecular complexity index is 580. The Morgan fingerprint density at radius 2 is 2.24 bits per heavy atom. The van der Waals surface area contributed by atoms with Crippen LogP contribution < -0.4 is 5.32 Å². The van der Waals surface area contributed by atoms with Crippen LogP contribution in [0.2, 0.25) is 10.0 Å². The zero-order chi connectivity index (χ0) is 15.6. The molecule has 1 aromatic carbocycles. The second kappa shape index (κ2) is 6.60. The minimum Gasteiger partial charge on any atom is -0.378 e. The molecule has 1 fully saturated rings. The predicted octanol–water partition coefficient (Wildman–Crippen LogP) is 3.06. The van der Waals surface area contributed by atoms with Crippen LogP contribution in [-0.4, -0.2) is 30.1 Å². The molecule has 1 aliphatic heterocycles. The van der Waals surface area contributed by atoms with Crippen molar-refractivity contribution in [3.8, 4) is 0 Å². The standard InChI is InChI=1S/C13H14Cl2N2O4/c1-7-8(2-3-21-7)6-16-13(18)9-4-10(14)12(15)11(5-9)17(19)20/h4-5,7-8H,2-3,6H2,1H3,(H,16,18). The topological polar surface area (TPSA) is 81.5 Å². The summed E-state index contributed by atoms with van der Waals surface area (Å²) in [5.41, 5.74) is -0.269. The summed E-state index contributed by atoms with van der Waals surface area (Å²) in [7, 11) is 0. The molecule has 2 rings (SSSR count). The molecule has 1 heterocycles. The number of ether oxygens (including phenoxy) is 1. The van der Waals surface area contributed by atoms with E-state index in [1.807, 2.05) is 6.92 Å². The average molecular weight is 333 g/mol. The Labute approximate surface area is 131 Å². The predicted molar refractivity (Wildman–Crippen MR) is 79.0 cm³/mol. The molecule has 8 heteroatoms. The van der Waals surface area contributed by atoms with E-state index in [0.717, 1.165) is 12.5 Å². The highest BCUT2D eigenvalue weighted by Gasteiger charge is 2.25. The molecule has 1 N–H and O–H groups in total. The smallest absolute Gasteiger partial charge is 0.290 e. The van der Waals surface area contributed by atoms with Crippen molar-refractivity contribution in [3.05, 3.63) is 37.9 Å². The Morgan fingerprint density at radius 3 is 2.81 bits per heavy atom. The summed E-state index contributed by atoms with van der Waals surface area (Å²) >= 11 is 11.6. The summed E-state index contributed by atoms with van der Waals surface area (Å²) in [5.74, 6) is -0.178. The molecule has 0 aromatic heterocycles. The van der Waals surface area contributed by atoms with Crippen LogP contribution >= 0.6 is 23.2 Å². The number of nitrogens with zero attached hydrogens (tertiary/aromatic N) is 1. The lowest BCUT2D eigenvalue weighted by molar-refractivity contribution is -0.384. The van der Waals surface area contributed by atoms with Crippen LogP contribution in [0, 0.1) is 16.0 Å². The number of nitro benzene ring substituents is 1. The van der Waals surface area contributed by atoms with Crippen molar-refractivity contribution in [2.24, 2.45) is 5.92 Å². The molecule has 1 aromatic rings. The van der Waals surface area contributed by atoms with Gasteiger partial charge in [0.2, 0.25) is 0 Å². The average Bonchev–Trinajstić information content (AvgIpc) is 2.84. The highest BCUT2D eigenvalue weighted by atomic mass is 35.5. The lowest BCUT2D eigenvalue weighted by Crippen LogP contribution is -2.32. The molecule has 21 heavy (non-hydrogen) atoms. The maximum absolute atomic E-state index is 12.1. The number of hydrogen-bond donors (Lipinski definition) is 1. The van der Waals surface area contributed by atoms with Gasteiger partial charge in [0.25, 0.3) is 11.6 Å². The first-order valence-electron chi connectivity index (χ1n) is 6.43. The summed E-state index contributed by atoms with van der Waals surface area (Å²) in [5, 5.41) is 13.4. The van der Waals surface area contributed by atoms with Crippen LogP contribution in [-0.2, 0) is 4.74 Å². The Balaban J connectivity index is 2.10. The number of nitrogens with one attached hydrogen (secondary N) is 1. The number of carbonyl (C=O) groups excluding carboxylic acids is 1.